The highest BCUT2D eigenvalue weighted by atomic mass is 35.5. The first-order valence-electron chi connectivity index (χ1n) is 7.72. The minimum absolute atomic E-state index is 0.00950. The Hall–Kier alpha value is -2.52. The Labute approximate surface area is 146 Å². The number of hydrogen-bond acceptors (Lipinski definition) is 2. The number of likely N-dealkylation sites (N-methyl/N-ethyl adjacent to an activating group) is 1. The first kappa shape index (κ1) is 16.3. The van der Waals surface area contributed by atoms with Gasteiger partial charge in [0.2, 0.25) is 0 Å². The van der Waals surface area contributed by atoms with Crippen LogP contribution in [-0.2, 0) is 11.3 Å². The number of nitrogens with zero attached hydrogens (tertiary/aromatic N) is 1. The van der Waals surface area contributed by atoms with Crippen LogP contribution in [0.5, 0.6) is 5.75 Å². The maximum atomic E-state index is 12.2. The van der Waals surface area contributed by atoms with Crippen molar-refractivity contribution in [2.75, 3.05) is 13.7 Å². The summed E-state index contributed by atoms with van der Waals surface area (Å²) in [7, 11) is 1.78. The Morgan fingerprint density at radius 3 is 2.58 bits per heavy atom. The van der Waals surface area contributed by atoms with Gasteiger partial charge in [-0.15, -0.1) is 0 Å². The van der Waals surface area contributed by atoms with Crippen molar-refractivity contribution in [1.29, 1.82) is 0 Å². The van der Waals surface area contributed by atoms with E-state index in [4.69, 9.17) is 16.3 Å². The summed E-state index contributed by atoms with van der Waals surface area (Å²) in [6.07, 6.45) is 0. The lowest BCUT2D eigenvalue weighted by atomic mass is 10.1. The number of fused-ring (bicyclic) bond motifs is 1. The zero-order valence-corrected chi connectivity index (χ0v) is 14.2. The third kappa shape index (κ3) is 4.06. The number of carbonyl (C=O) groups is 1. The topological polar surface area (TPSA) is 29.5 Å². The van der Waals surface area contributed by atoms with Gasteiger partial charge in [0.05, 0.1) is 0 Å². The van der Waals surface area contributed by atoms with Crippen molar-refractivity contribution in [1.82, 2.24) is 4.90 Å². The molecule has 4 heteroatoms. The molecule has 3 rings (SSSR count). The Bertz CT molecular complexity index is 863. The van der Waals surface area contributed by atoms with Gasteiger partial charge in [0.15, 0.2) is 6.61 Å². The van der Waals surface area contributed by atoms with Gasteiger partial charge >= 0.3 is 0 Å². The number of hydrogen-bond donors (Lipinski definition) is 0. The number of rotatable bonds is 5. The summed E-state index contributed by atoms with van der Waals surface area (Å²) >= 11 is 5.90. The van der Waals surface area contributed by atoms with Crippen LogP contribution in [0.3, 0.4) is 0 Å². The second-order valence-electron chi connectivity index (χ2n) is 5.68. The van der Waals surface area contributed by atoms with E-state index in [0.29, 0.717) is 17.3 Å². The molecule has 0 aliphatic heterocycles. The molecule has 3 aromatic carbocycles. The van der Waals surface area contributed by atoms with Crippen LogP contribution in [0.2, 0.25) is 5.02 Å². The van der Waals surface area contributed by atoms with Crippen LogP contribution in [-0.4, -0.2) is 24.5 Å². The SMILES string of the molecule is CN(Cc1ccc2ccccc2c1)C(=O)COc1cccc(Cl)c1. The van der Waals surface area contributed by atoms with Crippen LogP contribution >= 0.6 is 11.6 Å². The largest absolute Gasteiger partial charge is 0.484 e. The third-order valence-corrected chi connectivity index (χ3v) is 4.05. The number of ether oxygens (including phenoxy) is 1. The highest BCUT2D eigenvalue weighted by Gasteiger charge is 2.10. The van der Waals surface area contributed by atoms with E-state index < -0.39 is 0 Å². The molecule has 0 saturated heterocycles. The summed E-state index contributed by atoms with van der Waals surface area (Å²) in [4.78, 5) is 13.9. The highest BCUT2D eigenvalue weighted by Crippen LogP contribution is 2.18. The second kappa shape index (κ2) is 7.37. The van der Waals surface area contributed by atoms with Crippen molar-refractivity contribution in [3.63, 3.8) is 0 Å². The third-order valence-electron chi connectivity index (χ3n) is 3.82. The first-order chi connectivity index (χ1) is 11.6. The summed E-state index contributed by atoms with van der Waals surface area (Å²) in [6.45, 7) is 0.535. The van der Waals surface area contributed by atoms with Crippen molar-refractivity contribution in [3.05, 3.63) is 77.3 Å². The molecule has 1 amide bonds. The molecule has 0 aliphatic rings. The average molecular weight is 340 g/mol. The van der Waals surface area contributed by atoms with Crippen LogP contribution in [0, 0.1) is 0 Å². The quantitative estimate of drug-likeness (QED) is 0.683. The van der Waals surface area contributed by atoms with Crippen LogP contribution in [0.4, 0.5) is 0 Å². The molecular formula is C20H18ClNO2. The summed E-state index contributed by atoms with van der Waals surface area (Å²) in [5.74, 6) is 0.512. The van der Waals surface area contributed by atoms with Crippen LogP contribution < -0.4 is 4.74 Å². The standard InChI is InChI=1S/C20H18ClNO2/c1-22(20(23)14-24-19-8-4-7-18(21)12-19)13-15-9-10-16-5-2-3-6-17(16)11-15/h2-12H,13-14H2,1H3. The molecule has 0 fully saturated rings. The van der Waals surface area contributed by atoms with Gasteiger partial charge in [-0.1, -0.05) is 54.1 Å². The van der Waals surface area contributed by atoms with Gasteiger partial charge in [0.1, 0.15) is 5.75 Å². The fraction of sp³-hybridized carbons (Fsp3) is 0.150. The van der Waals surface area contributed by atoms with Gasteiger partial charge in [0, 0.05) is 18.6 Å². The molecule has 0 spiro atoms. The highest BCUT2D eigenvalue weighted by molar-refractivity contribution is 6.30. The molecule has 0 radical (unpaired) electrons. The van der Waals surface area contributed by atoms with Crippen molar-refractivity contribution >= 4 is 28.3 Å². The molecule has 0 aliphatic carbocycles. The molecule has 0 saturated carbocycles. The monoisotopic (exact) mass is 339 g/mol. The normalized spacial score (nSPS) is 10.6. The minimum atomic E-state index is -0.0804. The number of carbonyl (C=O) groups excluding carboxylic acids is 1. The van der Waals surface area contributed by atoms with Crippen molar-refractivity contribution in [2.24, 2.45) is 0 Å². The lowest BCUT2D eigenvalue weighted by Crippen LogP contribution is -2.30. The molecular weight excluding hydrogens is 322 g/mol. The average Bonchev–Trinajstić information content (AvgIpc) is 2.59. The molecule has 0 heterocycles. The van der Waals surface area contributed by atoms with E-state index in [-0.39, 0.29) is 12.5 Å². The van der Waals surface area contributed by atoms with Crippen molar-refractivity contribution in [3.8, 4) is 5.75 Å². The summed E-state index contributed by atoms with van der Waals surface area (Å²) in [5.41, 5.74) is 1.09. The van der Waals surface area contributed by atoms with Crippen molar-refractivity contribution in [2.45, 2.75) is 6.54 Å². The van der Waals surface area contributed by atoms with E-state index in [1.165, 1.54) is 10.8 Å². The zero-order chi connectivity index (χ0) is 16.9. The molecule has 0 atom stereocenters. The number of amides is 1. The molecule has 3 aromatic rings. The van der Waals surface area contributed by atoms with Gasteiger partial charge in [-0.05, 0) is 40.6 Å². The van der Waals surface area contributed by atoms with E-state index in [1.807, 2.05) is 18.2 Å². The Morgan fingerprint density at radius 2 is 1.79 bits per heavy atom. The zero-order valence-electron chi connectivity index (χ0n) is 13.4. The van der Waals surface area contributed by atoms with E-state index in [1.54, 1.807) is 36.2 Å². The van der Waals surface area contributed by atoms with Gasteiger partial charge in [-0.2, -0.15) is 0 Å². The van der Waals surface area contributed by atoms with E-state index in [2.05, 4.69) is 24.3 Å². The van der Waals surface area contributed by atoms with Gasteiger partial charge in [0.25, 0.3) is 5.91 Å². The predicted octanol–water partition coefficient (Wildman–Crippen LogP) is 4.53. The molecule has 122 valence electrons. The molecule has 3 nitrogen and oxygen atoms in total. The maximum Gasteiger partial charge on any atom is 0.260 e. The van der Waals surface area contributed by atoms with Gasteiger partial charge < -0.3 is 9.64 Å². The lowest BCUT2D eigenvalue weighted by molar-refractivity contribution is -0.132. The molecule has 0 N–H and O–H groups in total. The van der Waals surface area contributed by atoms with E-state index in [9.17, 15) is 4.79 Å². The Kier molecular flexibility index (Phi) is 5.02. The number of benzene rings is 3. The summed E-state index contributed by atoms with van der Waals surface area (Å²) in [6, 6.07) is 21.4. The predicted molar refractivity (Wildman–Crippen MR) is 97.4 cm³/mol. The minimum Gasteiger partial charge on any atom is -0.484 e. The van der Waals surface area contributed by atoms with Crippen LogP contribution in [0.25, 0.3) is 10.8 Å². The maximum absolute atomic E-state index is 12.2. The fourth-order valence-corrected chi connectivity index (χ4v) is 2.69. The summed E-state index contributed by atoms with van der Waals surface area (Å²) in [5, 5.41) is 2.95. The van der Waals surface area contributed by atoms with Crippen LogP contribution in [0.1, 0.15) is 5.56 Å². The van der Waals surface area contributed by atoms with E-state index in [0.717, 1.165) is 5.56 Å². The van der Waals surface area contributed by atoms with Crippen molar-refractivity contribution < 1.29 is 9.53 Å². The number of halogens is 1. The Balaban J connectivity index is 1.60. The summed E-state index contributed by atoms with van der Waals surface area (Å²) < 4.78 is 5.50. The first-order valence-corrected chi connectivity index (χ1v) is 8.09. The lowest BCUT2D eigenvalue weighted by Gasteiger charge is -2.18. The Morgan fingerprint density at radius 1 is 1.00 bits per heavy atom. The fourth-order valence-electron chi connectivity index (χ4n) is 2.51. The smallest absolute Gasteiger partial charge is 0.260 e. The van der Waals surface area contributed by atoms with Gasteiger partial charge in [-0.25, -0.2) is 0 Å². The van der Waals surface area contributed by atoms with Gasteiger partial charge in [-0.3, -0.25) is 4.79 Å². The van der Waals surface area contributed by atoms with E-state index >= 15 is 0 Å². The van der Waals surface area contributed by atoms with Crippen LogP contribution in [0.15, 0.2) is 66.7 Å². The molecule has 0 unspecified atom stereocenters. The molecule has 0 aromatic heterocycles. The molecule has 24 heavy (non-hydrogen) atoms. The second-order valence-corrected chi connectivity index (χ2v) is 6.11. The molecule has 0 bridgehead atoms.